The highest BCUT2D eigenvalue weighted by molar-refractivity contribution is 7.99. The molecule has 1 fully saturated rings. The van der Waals surface area contributed by atoms with Gasteiger partial charge in [-0.05, 0) is 43.7 Å². The number of benzene rings is 1. The highest BCUT2D eigenvalue weighted by atomic mass is 32.2. The molecule has 1 aromatic rings. The molecule has 1 aliphatic carbocycles. The highest BCUT2D eigenvalue weighted by Crippen LogP contribution is 2.27. The molecule has 2 atom stereocenters. The Morgan fingerprint density at radius 1 is 1.37 bits per heavy atom. The lowest BCUT2D eigenvalue weighted by atomic mass is 9.94. The fourth-order valence-electron chi connectivity index (χ4n) is 2.69. The van der Waals surface area contributed by atoms with E-state index in [4.69, 9.17) is 5.73 Å². The summed E-state index contributed by atoms with van der Waals surface area (Å²) in [5.74, 6) is 0.00995. The largest absolute Gasteiger partial charge is 0.398 e. The van der Waals surface area contributed by atoms with Crippen LogP contribution in [0.15, 0.2) is 18.2 Å². The van der Waals surface area contributed by atoms with Crippen LogP contribution in [0.5, 0.6) is 0 Å². The smallest absolute Gasteiger partial charge is 0.251 e. The van der Waals surface area contributed by atoms with E-state index >= 15 is 0 Å². The molecule has 0 radical (unpaired) electrons. The van der Waals surface area contributed by atoms with E-state index in [1.807, 2.05) is 36.9 Å². The molecular weight excluding hydrogens is 256 g/mol. The van der Waals surface area contributed by atoms with Crippen LogP contribution in [-0.4, -0.2) is 23.5 Å². The van der Waals surface area contributed by atoms with Gasteiger partial charge in [-0.3, -0.25) is 4.79 Å². The Hall–Kier alpha value is -1.16. The predicted octanol–water partition coefficient (Wildman–Crippen LogP) is 2.98. The predicted molar refractivity (Wildman–Crippen MR) is 82.6 cm³/mol. The molecule has 1 aromatic carbocycles. The summed E-state index contributed by atoms with van der Waals surface area (Å²) in [4.78, 5) is 12.4. The van der Waals surface area contributed by atoms with Gasteiger partial charge in [0.15, 0.2) is 0 Å². The van der Waals surface area contributed by atoms with Crippen molar-refractivity contribution in [1.29, 1.82) is 0 Å². The lowest BCUT2D eigenvalue weighted by Gasteiger charge is -2.31. The van der Waals surface area contributed by atoms with Gasteiger partial charge >= 0.3 is 0 Å². The van der Waals surface area contributed by atoms with Crippen molar-refractivity contribution in [3.05, 3.63) is 29.3 Å². The van der Waals surface area contributed by atoms with Crippen molar-refractivity contribution in [2.75, 3.05) is 12.0 Å². The fourth-order valence-corrected chi connectivity index (χ4v) is 3.62. The molecule has 4 heteroatoms. The number of anilines is 1. The fraction of sp³-hybridized carbons (Fsp3) is 0.533. The van der Waals surface area contributed by atoms with Gasteiger partial charge in [-0.15, -0.1) is 0 Å². The maximum atomic E-state index is 12.4. The Bertz CT molecular complexity index is 461. The molecule has 2 unspecified atom stereocenters. The van der Waals surface area contributed by atoms with Gasteiger partial charge in [0.2, 0.25) is 0 Å². The van der Waals surface area contributed by atoms with E-state index in [0.29, 0.717) is 16.5 Å². The van der Waals surface area contributed by atoms with E-state index in [2.05, 4.69) is 11.6 Å². The van der Waals surface area contributed by atoms with Crippen molar-refractivity contribution in [3.63, 3.8) is 0 Å². The molecule has 0 aliphatic heterocycles. The molecule has 0 bridgehead atoms. The highest BCUT2D eigenvalue weighted by Gasteiger charge is 2.26. The van der Waals surface area contributed by atoms with Crippen LogP contribution < -0.4 is 11.1 Å². The number of hydrogen-bond acceptors (Lipinski definition) is 3. The Balaban J connectivity index is 2.09. The number of nitrogens with one attached hydrogen (secondary N) is 1. The number of hydrogen-bond donors (Lipinski definition) is 2. The molecule has 1 saturated carbocycles. The lowest BCUT2D eigenvalue weighted by Crippen LogP contribution is -2.43. The van der Waals surface area contributed by atoms with E-state index in [1.165, 1.54) is 19.3 Å². The normalized spacial score (nSPS) is 23.1. The summed E-state index contributed by atoms with van der Waals surface area (Å²) < 4.78 is 0. The Morgan fingerprint density at radius 2 is 2.11 bits per heavy atom. The minimum Gasteiger partial charge on any atom is -0.398 e. The second-order valence-electron chi connectivity index (χ2n) is 5.16. The molecule has 1 aliphatic rings. The van der Waals surface area contributed by atoms with Crippen LogP contribution in [0.25, 0.3) is 0 Å². The number of amides is 1. The molecule has 0 spiro atoms. The summed E-state index contributed by atoms with van der Waals surface area (Å²) in [6.07, 6.45) is 6.88. The molecule has 2 rings (SSSR count). The average molecular weight is 278 g/mol. The van der Waals surface area contributed by atoms with Crippen LogP contribution in [0, 0.1) is 6.92 Å². The summed E-state index contributed by atoms with van der Waals surface area (Å²) in [5.41, 5.74) is 8.11. The van der Waals surface area contributed by atoms with Crippen molar-refractivity contribution in [2.24, 2.45) is 0 Å². The third kappa shape index (κ3) is 3.24. The molecular formula is C15H22N2OS. The van der Waals surface area contributed by atoms with Crippen molar-refractivity contribution in [3.8, 4) is 0 Å². The molecule has 0 saturated heterocycles. The molecule has 19 heavy (non-hydrogen) atoms. The lowest BCUT2D eigenvalue weighted by molar-refractivity contribution is 0.0929. The third-order valence-electron chi connectivity index (χ3n) is 3.94. The number of thioether (sulfide) groups is 1. The quantitative estimate of drug-likeness (QED) is 0.836. The van der Waals surface area contributed by atoms with Gasteiger partial charge in [-0.25, -0.2) is 0 Å². The van der Waals surface area contributed by atoms with Crippen LogP contribution in [0.3, 0.4) is 0 Å². The number of carbonyl (C=O) groups is 1. The Labute approximate surface area is 119 Å². The van der Waals surface area contributed by atoms with Gasteiger partial charge < -0.3 is 11.1 Å². The first-order valence-corrected chi connectivity index (χ1v) is 8.11. The van der Waals surface area contributed by atoms with Crippen LogP contribution in [-0.2, 0) is 0 Å². The second-order valence-corrected chi connectivity index (χ2v) is 6.24. The first kappa shape index (κ1) is 14.3. The summed E-state index contributed by atoms with van der Waals surface area (Å²) in [6.45, 7) is 1.90. The zero-order valence-electron chi connectivity index (χ0n) is 11.6. The van der Waals surface area contributed by atoms with Gasteiger partial charge in [0, 0.05) is 22.5 Å². The number of rotatable bonds is 3. The van der Waals surface area contributed by atoms with Gasteiger partial charge in [-0.1, -0.05) is 18.9 Å². The molecule has 0 aromatic heterocycles. The van der Waals surface area contributed by atoms with Gasteiger partial charge in [0.1, 0.15) is 0 Å². The molecule has 104 valence electrons. The Kier molecular flexibility index (Phi) is 4.75. The standard InChI is InChI=1S/C15H22N2OS/c1-10-11(6-5-7-12(10)16)15(18)17-13-8-3-4-9-14(13)19-2/h5-7,13-14H,3-4,8-9,16H2,1-2H3,(H,17,18). The summed E-state index contributed by atoms with van der Waals surface area (Å²) in [6, 6.07) is 5.80. The number of nitrogens with two attached hydrogens (primary N) is 1. The van der Waals surface area contributed by atoms with Crippen LogP contribution in [0.1, 0.15) is 41.6 Å². The van der Waals surface area contributed by atoms with Crippen LogP contribution >= 0.6 is 11.8 Å². The molecule has 1 amide bonds. The zero-order valence-corrected chi connectivity index (χ0v) is 12.4. The van der Waals surface area contributed by atoms with Gasteiger partial charge in [0.25, 0.3) is 5.91 Å². The molecule has 3 N–H and O–H groups in total. The average Bonchev–Trinajstić information content (AvgIpc) is 2.42. The summed E-state index contributed by atoms with van der Waals surface area (Å²) >= 11 is 1.86. The first-order chi connectivity index (χ1) is 9.13. The van der Waals surface area contributed by atoms with Gasteiger partial charge in [-0.2, -0.15) is 11.8 Å². The summed E-state index contributed by atoms with van der Waals surface area (Å²) in [5, 5.41) is 3.73. The van der Waals surface area contributed by atoms with Crippen molar-refractivity contribution < 1.29 is 4.79 Å². The summed E-state index contributed by atoms with van der Waals surface area (Å²) in [7, 11) is 0. The van der Waals surface area contributed by atoms with Crippen LogP contribution in [0.2, 0.25) is 0 Å². The number of nitrogen functional groups attached to an aromatic ring is 1. The third-order valence-corrected chi connectivity index (χ3v) is 5.11. The van der Waals surface area contributed by atoms with E-state index in [0.717, 1.165) is 12.0 Å². The van der Waals surface area contributed by atoms with Crippen molar-refractivity contribution in [2.45, 2.75) is 43.9 Å². The van der Waals surface area contributed by atoms with Gasteiger partial charge in [0.05, 0.1) is 0 Å². The second kappa shape index (κ2) is 6.33. The van der Waals surface area contributed by atoms with E-state index < -0.39 is 0 Å². The van der Waals surface area contributed by atoms with Crippen LogP contribution in [0.4, 0.5) is 5.69 Å². The minimum atomic E-state index is 0.00995. The monoisotopic (exact) mass is 278 g/mol. The van der Waals surface area contributed by atoms with Crippen molar-refractivity contribution >= 4 is 23.4 Å². The first-order valence-electron chi connectivity index (χ1n) is 6.82. The van der Waals surface area contributed by atoms with E-state index in [-0.39, 0.29) is 11.9 Å². The minimum absolute atomic E-state index is 0.00995. The Morgan fingerprint density at radius 3 is 2.84 bits per heavy atom. The van der Waals surface area contributed by atoms with E-state index in [1.54, 1.807) is 0 Å². The van der Waals surface area contributed by atoms with E-state index in [9.17, 15) is 4.79 Å². The SMILES string of the molecule is CSC1CCCCC1NC(=O)c1cccc(N)c1C. The molecule has 3 nitrogen and oxygen atoms in total. The number of carbonyl (C=O) groups excluding carboxylic acids is 1. The maximum Gasteiger partial charge on any atom is 0.251 e. The zero-order chi connectivity index (χ0) is 13.8. The maximum absolute atomic E-state index is 12.4. The topological polar surface area (TPSA) is 55.1 Å². The molecule has 0 heterocycles. The van der Waals surface area contributed by atoms with Crippen molar-refractivity contribution in [1.82, 2.24) is 5.32 Å².